The Bertz CT molecular complexity index is 1560. The van der Waals surface area contributed by atoms with Crippen molar-refractivity contribution in [2.75, 3.05) is 31.7 Å². The van der Waals surface area contributed by atoms with Gasteiger partial charge in [0.1, 0.15) is 24.2 Å². The topological polar surface area (TPSA) is 114 Å². The van der Waals surface area contributed by atoms with Crippen molar-refractivity contribution in [3.05, 3.63) is 78.1 Å². The molecule has 0 aliphatic carbocycles. The maximum Gasteiger partial charge on any atom is 0.264 e. The van der Waals surface area contributed by atoms with Crippen molar-refractivity contribution in [2.24, 2.45) is 0 Å². The summed E-state index contributed by atoms with van der Waals surface area (Å²) < 4.78 is 60.1. The molecule has 3 aromatic carbocycles. The van der Waals surface area contributed by atoms with E-state index in [0.717, 1.165) is 4.31 Å². The first-order chi connectivity index (χ1) is 20.7. The number of nitrogens with zero attached hydrogens (tertiary/aromatic N) is 2. The number of halogens is 1. The molecule has 0 radical (unpaired) electrons. The quantitative estimate of drug-likeness (QED) is 0.290. The molecular formula is C32H40FN3O7S. The molecule has 0 bridgehead atoms. The fraction of sp³-hybridized carbons (Fsp3) is 0.375. The molecular weight excluding hydrogens is 589 g/mol. The summed E-state index contributed by atoms with van der Waals surface area (Å²) in [5, 5.41) is 2.84. The lowest BCUT2D eigenvalue weighted by molar-refractivity contribution is -0.140. The molecule has 12 heteroatoms. The molecule has 44 heavy (non-hydrogen) atoms. The fourth-order valence-electron chi connectivity index (χ4n) is 4.38. The standard InChI is InChI=1S/C32H40FN3O7S/c1-8-43-25-15-13-24(14-16-25)36(44(39,40)26-17-18-28(41-6)29(19-26)42-7)21-30(37)35(20-23-11-9-10-12-27(23)33)22(2)31(38)34-32(3,4)5/h9-19,22H,8,20-21H2,1-7H3,(H,34,38)/t22-/m0/s1. The summed E-state index contributed by atoms with van der Waals surface area (Å²) in [5.41, 5.74) is -0.260. The molecule has 0 spiro atoms. The van der Waals surface area contributed by atoms with Crippen molar-refractivity contribution in [2.45, 2.75) is 57.6 Å². The highest BCUT2D eigenvalue weighted by Crippen LogP contribution is 2.33. The van der Waals surface area contributed by atoms with Crippen LogP contribution in [0.25, 0.3) is 0 Å². The highest BCUT2D eigenvalue weighted by molar-refractivity contribution is 7.92. The first-order valence-electron chi connectivity index (χ1n) is 14.0. The first-order valence-corrected chi connectivity index (χ1v) is 15.5. The molecule has 0 aromatic heterocycles. The largest absolute Gasteiger partial charge is 0.494 e. The van der Waals surface area contributed by atoms with Gasteiger partial charge in [-0.05, 0) is 77.1 Å². The van der Waals surface area contributed by atoms with Crippen LogP contribution in [0.2, 0.25) is 0 Å². The van der Waals surface area contributed by atoms with E-state index in [1.807, 2.05) is 6.92 Å². The first kappa shape index (κ1) is 34.2. The van der Waals surface area contributed by atoms with E-state index < -0.39 is 45.8 Å². The van der Waals surface area contributed by atoms with E-state index in [9.17, 15) is 22.4 Å². The van der Waals surface area contributed by atoms with Gasteiger partial charge in [-0.1, -0.05) is 18.2 Å². The number of carbonyl (C=O) groups excluding carboxylic acids is 2. The zero-order valence-electron chi connectivity index (χ0n) is 26.1. The number of ether oxygens (including phenoxy) is 3. The molecule has 2 amide bonds. The van der Waals surface area contributed by atoms with Gasteiger partial charge in [-0.25, -0.2) is 12.8 Å². The Balaban J connectivity index is 2.10. The van der Waals surface area contributed by atoms with Gasteiger partial charge in [-0.3, -0.25) is 13.9 Å². The van der Waals surface area contributed by atoms with Crippen molar-refractivity contribution in [3.8, 4) is 17.2 Å². The van der Waals surface area contributed by atoms with E-state index in [-0.39, 0.29) is 28.4 Å². The number of rotatable bonds is 13. The molecule has 0 heterocycles. The molecule has 3 aromatic rings. The van der Waals surface area contributed by atoms with Crippen molar-refractivity contribution in [3.63, 3.8) is 0 Å². The molecule has 0 aliphatic heterocycles. The Hall–Kier alpha value is -4.32. The minimum absolute atomic E-state index is 0.156. The van der Waals surface area contributed by atoms with Gasteiger partial charge in [0.15, 0.2) is 11.5 Å². The van der Waals surface area contributed by atoms with Crippen LogP contribution in [0, 0.1) is 5.82 Å². The zero-order valence-corrected chi connectivity index (χ0v) is 26.9. The van der Waals surface area contributed by atoms with Crippen molar-refractivity contribution < 1.29 is 36.6 Å². The lowest BCUT2D eigenvalue weighted by atomic mass is 10.1. The minimum atomic E-state index is -4.39. The van der Waals surface area contributed by atoms with Crippen LogP contribution >= 0.6 is 0 Å². The van der Waals surface area contributed by atoms with Crippen LogP contribution in [0.1, 0.15) is 40.2 Å². The lowest BCUT2D eigenvalue weighted by Crippen LogP contribution is -2.54. The Morgan fingerprint density at radius 3 is 2.16 bits per heavy atom. The summed E-state index contributed by atoms with van der Waals surface area (Å²) in [5.74, 6) is -0.736. The summed E-state index contributed by atoms with van der Waals surface area (Å²) in [6.07, 6.45) is 0. The number of amides is 2. The number of benzene rings is 3. The van der Waals surface area contributed by atoms with Gasteiger partial charge in [0.25, 0.3) is 10.0 Å². The number of nitrogens with one attached hydrogen (secondary N) is 1. The SMILES string of the molecule is CCOc1ccc(N(CC(=O)N(Cc2ccccc2F)[C@@H](C)C(=O)NC(C)(C)C)S(=O)(=O)c2ccc(OC)c(OC)c2)cc1. The fourth-order valence-corrected chi connectivity index (χ4v) is 5.81. The smallest absolute Gasteiger partial charge is 0.264 e. The second kappa shape index (κ2) is 14.4. The predicted molar refractivity (Wildman–Crippen MR) is 166 cm³/mol. The maximum atomic E-state index is 14.7. The van der Waals surface area contributed by atoms with Crippen LogP contribution < -0.4 is 23.8 Å². The van der Waals surface area contributed by atoms with Crippen molar-refractivity contribution >= 4 is 27.5 Å². The molecule has 0 saturated carbocycles. The Morgan fingerprint density at radius 2 is 1.59 bits per heavy atom. The number of anilines is 1. The van der Waals surface area contributed by atoms with Gasteiger partial charge in [-0.2, -0.15) is 0 Å². The Morgan fingerprint density at radius 1 is 0.955 bits per heavy atom. The summed E-state index contributed by atoms with van der Waals surface area (Å²) >= 11 is 0. The van der Waals surface area contributed by atoms with E-state index in [2.05, 4.69) is 5.32 Å². The predicted octanol–water partition coefficient (Wildman–Crippen LogP) is 4.77. The highest BCUT2D eigenvalue weighted by atomic mass is 32.2. The van der Waals surface area contributed by atoms with Crippen LogP contribution in [-0.2, 0) is 26.2 Å². The van der Waals surface area contributed by atoms with Gasteiger partial charge in [0, 0.05) is 23.7 Å². The number of carbonyl (C=O) groups is 2. The molecule has 1 atom stereocenters. The molecule has 0 fully saturated rings. The third-order valence-corrected chi connectivity index (χ3v) is 8.39. The monoisotopic (exact) mass is 629 g/mol. The molecule has 3 rings (SSSR count). The third-order valence-electron chi connectivity index (χ3n) is 6.62. The molecule has 1 N–H and O–H groups in total. The van der Waals surface area contributed by atoms with Crippen molar-refractivity contribution in [1.82, 2.24) is 10.2 Å². The van der Waals surface area contributed by atoms with Gasteiger partial charge in [-0.15, -0.1) is 0 Å². The summed E-state index contributed by atoms with van der Waals surface area (Å²) in [4.78, 5) is 28.3. The average molecular weight is 630 g/mol. The van der Waals surface area contributed by atoms with E-state index >= 15 is 0 Å². The highest BCUT2D eigenvalue weighted by Gasteiger charge is 2.34. The summed E-state index contributed by atoms with van der Waals surface area (Å²) in [7, 11) is -1.58. The van der Waals surface area contributed by atoms with Gasteiger partial charge in [0.05, 0.1) is 31.4 Å². The van der Waals surface area contributed by atoms with Crippen LogP contribution in [0.15, 0.2) is 71.6 Å². The molecule has 0 aliphatic rings. The summed E-state index contributed by atoms with van der Waals surface area (Å²) in [6.45, 7) is 8.18. The van der Waals surface area contributed by atoms with Crippen LogP contribution in [0.3, 0.4) is 0 Å². The number of methoxy groups -OCH3 is 2. The van der Waals surface area contributed by atoms with E-state index in [1.54, 1.807) is 39.0 Å². The number of hydrogen-bond acceptors (Lipinski definition) is 7. The lowest BCUT2D eigenvalue weighted by Gasteiger charge is -2.33. The molecule has 10 nitrogen and oxygen atoms in total. The van der Waals surface area contributed by atoms with Crippen LogP contribution in [0.4, 0.5) is 10.1 Å². The van der Waals surface area contributed by atoms with Gasteiger partial charge < -0.3 is 24.4 Å². The maximum absolute atomic E-state index is 14.7. The minimum Gasteiger partial charge on any atom is -0.494 e. The molecule has 238 valence electrons. The van der Waals surface area contributed by atoms with Gasteiger partial charge in [0.2, 0.25) is 11.8 Å². The molecule has 0 unspecified atom stereocenters. The van der Waals surface area contributed by atoms with E-state index in [0.29, 0.717) is 18.1 Å². The Labute approximate surface area is 258 Å². The van der Waals surface area contributed by atoms with E-state index in [1.165, 1.54) is 74.6 Å². The zero-order chi connectivity index (χ0) is 32.7. The van der Waals surface area contributed by atoms with Crippen LogP contribution in [0.5, 0.6) is 17.2 Å². The summed E-state index contributed by atoms with van der Waals surface area (Å²) in [6, 6.07) is 15.2. The Kier molecular flexibility index (Phi) is 11.2. The second-order valence-electron chi connectivity index (χ2n) is 11.0. The number of hydrogen-bond donors (Lipinski definition) is 1. The molecule has 0 saturated heterocycles. The van der Waals surface area contributed by atoms with Crippen molar-refractivity contribution in [1.29, 1.82) is 0 Å². The number of sulfonamides is 1. The average Bonchev–Trinajstić information content (AvgIpc) is 2.98. The van der Waals surface area contributed by atoms with E-state index in [4.69, 9.17) is 14.2 Å². The normalized spacial score (nSPS) is 12.2. The van der Waals surface area contributed by atoms with Gasteiger partial charge >= 0.3 is 0 Å². The second-order valence-corrected chi connectivity index (χ2v) is 12.8. The van der Waals surface area contributed by atoms with Crippen LogP contribution in [-0.4, -0.2) is 64.1 Å². The third kappa shape index (κ3) is 8.40.